The monoisotopic (exact) mass is 421 g/mol. The lowest BCUT2D eigenvalue weighted by molar-refractivity contribution is 0.115. The summed E-state index contributed by atoms with van der Waals surface area (Å²) in [7, 11) is 0. The molecule has 4 rings (SSSR count). The maximum atomic E-state index is 6.13. The molecule has 0 radical (unpaired) electrons. The fraction of sp³-hybridized carbons (Fsp3) is 0.136. The summed E-state index contributed by atoms with van der Waals surface area (Å²) in [5.41, 5.74) is 11.7. The highest BCUT2D eigenvalue weighted by Crippen LogP contribution is 2.33. The van der Waals surface area contributed by atoms with E-state index < -0.39 is 0 Å². The van der Waals surface area contributed by atoms with Crippen molar-refractivity contribution in [2.45, 2.75) is 18.5 Å². The smallest absolute Gasteiger partial charge is 0.110 e. The lowest BCUT2D eigenvalue weighted by Gasteiger charge is -2.15. The maximum absolute atomic E-state index is 6.13. The third-order valence-corrected chi connectivity index (χ3v) is 4.62. The van der Waals surface area contributed by atoms with Crippen LogP contribution < -0.4 is 11.1 Å². The van der Waals surface area contributed by atoms with E-state index in [0.29, 0.717) is 12.3 Å². The van der Waals surface area contributed by atoms with Crippen LogP contribution in [-0.2, 0) is 11.3 Å². The van der Waals surface area contributed by atoms with Crippen molar-refractivity contribution in [1.82, 2.24) is 4.98 Å². The molecule has 0 bridgehead atoms. The second-order valence-corrected chi connectivity index (χ2v) is 7.75. The van der Waals surface area contributed by atoms with Gasteiger partial charge < -0.3 is 15.8 Å². The summed E-state index contributed by atoms with van der Waals surface area (Å²) in [5, 5.41) is 5.71. The van der Waals surface area contributed by atoms with E-state index in [-0.39, 0.29) is 5.01 Å². The van der Waals surface area contributed by atoms with Crippen LogP contribution in [0.2, 0.25) is 0 Å². The van der Waals surface area contributed by atoms with Crippen LogP contribution in [0.5, 0.6) is 0 Å². The summed E-state index contributed by atoms with van der Waals surface area (Å²) in [5.74, 6) is 0. The molecule has 4 aromatic rings. The normalized spacial score (nSPS) is 12.4. The van der Waals surface area contributed by atoms with Gasteiger partial charge in [-0.3, -0.25) is 0 Å². The predicted octanol–water partition coefficient (Wildman–Crippen LogP) is 5.97. The van der Waals surface area contributed by atoms with Crippen LogP contribution in [0.1, 0.15) is 12.5 Å². The molecule has 0 saturated carbocycles. The first kappa shape index (κ1) is 17.8. The minimum atomic E-state index is -0.0107. The molecule has 1 unspecified atom stereocenters. The molecule has 27 heavy (non-hydrogen) atoms. The van der Waals surface area contributed by atoms with Crippen molar-refractivity contribution in [2.75, 3.05) is 11.1 Å². The molecule has 3 aromatic carbocycles. The van der Waals surface area contributed by atoms with Crippen LogP contribution in [-0.4, -0.2) is 10.00 Å². The number of halogens is 1. The second-order valence-electron chi connectivity index (χ2n) is 6.46. The van der Waals surface area contributed by atoms with E-state index in [1.807, 2.05) is 55.5 Å². The number of anilines is 3. The lowest BCUT2D eigenvalue weighted by Crippen LogP contribution is -2.01. The molecule has 1 atom stereocenters. The average Bonchev–Trinajstić information content (AvgIpc) is 2.66. The largest absolute Gasteiger partial charge is 0.399 e. The van der Waals surface area contributed by atoms with Gasteiger partial charge in [-0.1, -0.05) is 52.3 Å². The highest BCUT2D eigenvalue weighted by molar-refractivity contribution is 9.09. The van der Waals surface area contributed by atoms with E-state index in [1.165, 1.54) is 0 Å². The van der Waals surface area contributed by atoms with Gasteiger partial charge in [-0.25, -0.2) is 4.98 Å². The molecule has 0 aliphatic heterocycles. The number of fused-ring (bicyclic) bond motifs is 2. The number of nitrogens with zero attached hydrogens (tertiary/aromatic N) is 1. The summed E-state index contributed by atoms with van der Waals surface area (Å²) in [6.07, 6.45) is 0. The van der Waals surface area contributed by atoms with Crippen LogP contribution in [0.15, 0.2) is 66.7 Å². The zero-order valence-electron chi connectivity index (χ0n) is 14.9. The number of nitrogens with two attached hydrogens (primary N) is 1. The van der Waals surface area contributed by atoms with E-state index in [4.69, 9.17) is 15.5 Å². The number of nitrogens with one attached hydrogen (secondary N) is 1. The molecule has 0 aliphatic rings. The highest BCUT2D eigenvalue weighted by Gasteiger charge is 2.10. The Morgan fingerprint density at radius 3 is 2.26 bits per heavy atom. The van der Waals surface area contributed by atoms with E-state index in [0.717, 1.165) is 38.7 Å². The molecule has 0 spiro atoms. The maximum Gasteiger partial charge on any atom is 0.110 e. The third kappa shape index (κ3) is 3.89. The molecule has 3 N–H and O–H groups in total. The van der Waals surface area contributed by atoms with Gasteiger partial charge in [-0.15, -0.1) is 0 Å². The minimum absolute atomic E-state index is 0.0107. The Hall–Kier alpha value is -2.63. The first-order chi connectivity index (χ1) is 13.1. The first-order valence-electron chi connectivity index (χ1n) is 8.80. The van der Waals surface area contributed by atoms with E-state index in [9.17, 15) is 0 Å². The van der Waals surface area contributed by atoms with Crippen LogP contribution in [0, 0.1) is 0 Å². The Balaban J connectivity index is 1.81. The summed E-state index contributed by atoms with van der Waals surface area (Å²) in [6, 6.07) is 22.2. The van der Waals surface area contributed by atoms with E-state index >= 15 is 0 Å². The molecular weight excluding hydrogens is 402 g/mol. The summed E-state index contributed by atoms with van der Waals surface area (Å²) in [4.78, 5) is 4.77. The average molecular weight is 422 g/mol. The standard InChI is InChI=1S/C22H20BrN3O/c1-14(23)27-13-15-10-16(24)12-17(11-15)25-22-18-6-2-4-8-20(18)26-21-9-5-3-7-19(21)22/h2-12,14H,13,24H2,1H3,(H,25,26). The quantitative estimate of drug-likeness (QED) is 0.236. The number of alkyl halides is 1. The summed E-state index contributed by atoms with van der Waals surface area (Å²) < 4.78 is 5.65. The van der Waals surface area contributed by atoms with Crippen molar-refractivity contribution in [1.29, 1.82) is 0 Å². The van der Waals surface area contributed by atoms with Crippen LogP contribution in [0.3, 0.4) is 0 Å². The molecule has 136 valence electrons. The van der Waals surface area contributed by atoms with E-state index in [2.05, 4.69) is 39.4 Å². The Kier molecular flexibility index (Phi) is 4.97. The van der Waals surface area contributed by atoms with Gasteiger partial charge >= 0.3 is 0 Å². The molecule has 4 nitrogen and oxygen atoms in total. The van der Waals surface area contributed by atoms with Gasteiger partial charge in [0, 0.05) is 22.1 Å². The molecule has 1 heterocycles. The van der Waals surface area contributed by atoms with Crippen molar-refractivity contribution in [3.63, 3.8) is 0 Å². The fourth-order valence-corrected chi connectivity index (χ4v) is 3.34. The van der Waals surface area contributed by atoms with Gasteiger partial charge in [0.25, 0.3) is 0 Å². The molecule has 0 saturated heterocycles. The Bertz CT molecular complexity index is 1060. The SMILES string of the molecule is CC(Br)OCc1cc(N)cc(Nc2c3ccccc3nc3ccccc23)c1. The first-order valence-corrected chi connectivity index (χ1v) is 9.71. The van der Waals surface area contributed by atoms with Crippen LogP contribution >= 0.6 is 15.9 Å². The number of pyridine rings is 1. The van der Waals surface area contributed by atoms with Crippen molar-refractivity contribution >= 4 is 54.8 Å². The van der Waals surface area contributed by atoms with Gasteiger partial charge in [-0.2, -0.15) is 0 Å². The minimum Gasteiger partial charge on any atom is -0.399 e. The van der Waals surface area contributed by atoms with Crippen molar-refractivity contribution in [3.8, 4) is 0 Å². The second kappa shape index (κ2) is 7.55. The topological polar surface area (TPSA) is 60.2 Å². The molecule has 1 aromatic heterocycles. The van der Waals surface area contributed by atoms with E-state index in [1.54, 1.807) is 0 Å². The number of nitrogen functional groups attached to an aromatic ring is 1. The van der Waals surface area contributed by atoms with Gasteiger partial charge in [0.05, 0.1) is 23.3 Å². The van der Waals surface area contributed by atoms with Gasteiger partial charge in [0.15, 0.2) is 0 Å². The number of hydrogen-bond acceptors (Lipinski definition) is 4. The zero-order chi connectivity index (χ0) is 18.8. The lowest BCUT2D eigenvalue weighted by atomic mass is 10.1. The molecule has 0 fully saturated rings. The Morgan fingerprint density at radius 2 is 1.63 bits per heavy atom. The van der Waals surface area contributed by atoms with Crippen LogP contribution in [0.4, 0.5) is 17.1 Å². The highest BCUT2D eigenvalue weighted by atomic mass is 79.9. The Morgan fingerprint density at radius 1 is 1.00 bits per heavy atom. The van der Waals surface area contributed by atoms with Crippen molar-refractivity contribution < 1.29 is 4.74 Å². The number of aromatic nitrogens is 1. The third-order valence-electron chi connectivity index (χ3n) is 4.35. The number of benzene rings is 3. The zero-order valence-corrected chi connectivity index (χ0v) is 16.5. The fourth-order valence-electron chi connectivity index (χ4n) is 3.20. The Labute approximate surface area is 166 Å². The van der Waals surface area contributed by atoms with Gasteiger partial charge in [0.1, 0.15) is 5.01 Å². The number of rotatable bonds is 5. The van der Waals surface area contributed by atoms with Gasteiger partial charge in [-0.05, 0) is 42.8 Å². The van der Waals surface area contributed by atoms with Crippen molar-refractivity contribution in [3.05, 3.63) is 72.3 Å². The molecular formula is C22H20BrN3O. The van der Waals surface area contributed by atoms with Gasteiger partial charge in [0.2, 0.25) is 0 Å². The molecule has 5 heteroatoms. The van der Waals surface area contributed by atoms with Crippen molar-refractivity contribution in [2.24, 2.45) is 0 Å². The number of ether oxygens (including phenoxy) is 1. The molecule has 0 amide bonds. The number of para-hydroxylation sites is 2. The van der Waals surface area contributed by atoms with Crippen LogP contribution in [0.25, 0.3) is 21.8 Å². The summed E-state index contributed by atoms with van der Waals surface area (Å²) >= 11 is 3.40. The molecule has 0 aliphatic carbocycles. The predicted molar refractivity (Wildman–Crippen MR) is 117 cm³/mol. The number of hydrogen-bond donors (Lipinski definition) is 2. The summed E-state index contributed by atoms with van der Waals surface area (Å²) in [6.45, 7) is 2.44.